The van der Waals surface area contributed by atoms with Crippen molar-refractivity contribution in [1.29, 1.82) is 0 Å². The SMILES string of the molecule is CCC(CN)C(=O)Nc1ncc[nH]1. The zero-order chi connectivity index (χ0) is 9.68. The fourth-order valence-electron chi connectivity index (χ4n) is 1.01. The van der Waals surface area contributed by atoms with Crippen LogP contribution in [-0.2, 0) is 4.79 Å². The molecular weight excluding hydrogens is 168 g/mol. The molecule has 0 spiro atoms. The third-order valence-electron chi connectivity index (χ3n) is 1.89. The van der Waals surface area contributed by atoms with Gasteiger partial charge in [-0.3, -0.25) is 10.1 Å². The van der Waals surface area contributed by atoms with Crippen LogP contribution in [0.25, 0.3) is 0 Å². The summed E-state index contributed by atoms with van der Waals surface area (Å²) in [5, 5.41) is 2.64. The van der Waals surface area contributed by atoms with Crippen LogP contribution in [0.4, 0.5) is 5.95 Å². The maximum atomic E-state index is 11.4. The third kappa shape index (κ3) is 2.55. The molecule has 0 saturated carbocycles. The highest BCUT2D eigenvalue weighted by Gasteiger charge is 2.14. The number of H-pyrrole nitrogens is 1. The number of amides is 1. The maximum absolute atomic E-state index is 11.4. The lowest BCUT2D eigenvalue weighted by Gasteiger charge is -2.10. The molecule has 0 bridgehead atoms. The molecule has 0 aliphatic rings. The van der Waals surface area contributed by atoms with Gasteiger partial charge in [-0.2, -0.15) is 0 Å². The molecule has 0 aliphatic heterocycles. The van der Waals surface area contributed by atoms with E-state index >= 15 is 0 Å². The highest BCUT2D eigenvalue weighted by atomic mass is 16.2. The second-order valence-electron chi connectivity index (χ2n) is 2.77. The second-order valence-corrected chi connectivity index (χ2v) is 2.77. The van der Waals surface area contributed by atoms with E-state index < -0.39 is 0 Å². The van der Waals surface area contributed by atoms with Gasteiger partial charge in [-0.1, -0.05) is 6.92 Å². The molecule has 1 aromatic heterocycles. The van der Waals surface area contributed by atoms with Crippen LogP contribution in [0.5, 0.6) is 0 Å². The largest absolute Gasteiger partial charge is 0.331 e. The van der Waals surface area contributed by atoms with E-state index in [-0.39, 0.29) is 11.8 Å². The van der Waals surface area contributed by atoms with Crippen molar-refractivity contribution in [2.24, 2.45) is 11.7 Å². The molecule has 1 rings (SSSR count). The van der Waals surface area contributed by atoms with Gasteiger partial charge >= 0.3 is 0 Å². The first kappa shape index (κ1) is 9.73. The van der Waals surface area contributed by atoms with Crippen LogP contribution in [0.15, 0.2) is 12.4 Å². The minimum atomic E-state index is -0.134. The molecule has 0 radical (unpaired) electrons. The standard InChI is InChI=1S/C8H14N4O/c1-2-6(5-9)7(13)12-8-10-3-4-11-8/h3-4,6H,2,5,9H2,1H3,(H2,10,11,12,13). The van der Waals surface area contributed by atoms with E-state index in [1.54, 1.807) is 12.4 Å². The molecule has 13 heavy (non-hydrogen) atoms. The number of anilines is 1. The first-order valence-electron chi connectivity index (χ1n) is 4.28. The zero-order valence-corrected chi connectivity index (χ0v) is 7.58. The molecule has 0 aliphatic carbocycles. The lowest BCUT2D eigenvalue weighted by atomic mass is 10.1. The molecule has 5 nitrogen and oxygen atoms in total. The summed E-state index contributed by atoms with van der Waals surface area (Å²) in [6.07, 6.45) is 3.97. The number of imidazole rings is 1. The Morgan fingerprint density at radius 1 is 1.85 bits per heavy atom. The number of aromatic nitrogens is 2. The number of rotatable bonds is 4. The number of nitrogens with one attached hydrogen (secondary N) is 2. The zero-order valence-electron chi connectivity index (χ0n) is 7.58. The van der Waals surface area contributed by atoms with Crippen molar-refractivity contribution in [3.63, 3.8) is 0 Å². The molecule has 0 aromatic carbocycles. The predicted octanol–water partition coefficient (Wildman–Crippen LogP) is 0.333. The minimum Gasteiger partial charge on any atom is -0.331 e. The molecule has 72 valence electrons. The van der Waals surface area contributed by atoms with E-state index in [0.717, 1.165) is 6.42 Å². The van der Waals surface area contributed by atoms with Crippen molar-refractivity contribution >= 4 is 11.9 Å². The molecule has 5 heteroatoms. The number of nitrogens with two attached hydrogens (primary N) is 1. The average Bonchev–Trinajstić information content (AvgIpc) is 2.59. The molecule has 0 saturated heterocycles. The predicted molar refractivity (Wildman–Crippen MR) is 50.1 cm³/mol. The van der Waals surface area contributed by atoms with Gasteiger partial charge in [0.25, 0.3) is 0 Å². The first-order valence-corrected chi connectivity index (χ1v) is 4.28. The fraction of sp³-hybridized carbons (Fsp3) is 0.500. The average molecular weight is 182 g/mol. The van der Waals surface area contributed by atoms with Gasteiger partial charge in [0.1, 0.15) is 0 Å². The maximum Gasteiger partial charge on any atom is 0.231 e. The molecule has 1 heterocycles. The summed E-state index contributed by atoms with van der Waals surface area (Å²) < 4.78 is 0. The van der Waals surface area contributed by atoms with Crippen molar-refractivity contribution < 1.29 is 4.79 Å². The number of aromatic amines is 1. The lowest BCUT2D eigenvalue weighted by molar-refractivity contribution is -0.119. The van der Waals surface area contributed by atoms with Gasteiger partial charge in [0, 0.05) is 18.9 Å². The van der Waals surface area contributed by atoms with Gasteiger partial charge in [-0.15, -0.1) is 0 Å². The Kier molecular flexibility index (Phi) is 3.45. The Bertz CT molecular complexity index is 253. The lowest BCUT2D eigenvalue weighted by Crippen LogP contribution is -2.28. The van der Waals surface area contributed by atoms with Crippen molar-refractivity contribution in [2.45, 2.75) is 13.3 Å². The molecule has 1 amide bonds. The van der Waals surface area contributed by atoms with E-state index in [1.807, 2.05) is 6.92 Å². The van der Waals surface area contributed by atoms with Crippen LogP contribution in [0, 0.1) is 5.92 Å². The van der Waals surface area contributed by atoms with E-state index in [2.05, 4.69) is 15.3 Å². The fourth-order valence-corrected chi connectivity index (χ4v) is 1.01. The molecule has 1 atom stereocenters. The normalized spacial score (nSPS) is 12.5. The Morgan fingerprint density at radius 2 is 2.62 bits per heavy atom. The monoisotopic (exact) mass is 182 g/mol. The Hall–Kier alpha value is -1.36. The van der Waals surface area contributed by atoms with Crippen molar-refractivity contribution in [3.05, 3.63) is 12.4 Å². The summed E-state index contributed by atoms with van der Waals surface area (Å²) in [4.78, 5) is 18.1. The number of nitrogens with zero attached hydrogens (tertiary/aromatic N) is 1. The van der Waals surface area contributed by atoms with Crippen molar-refractivity contribution in [3.8, 4) is 0 Å². The van der Waals surface area contributed by atoms with Crippen LogP contribution in [-0.4, -0.2) is 22.4 Å². The van der Waals surface area contributed by atoms with Crippen LogP contribution < -0.4 is 11.1 Å². The Morgan fingerprint density at radius 3 is 3.08 bits per heavy atom. The molecule has 0 fully saturated rings. The van der Waals surface area contributed by atoms with E-state index in [0.29, 0.717) is 12.5 Å². The topological polar surface area (TPSA) is 83.8 Å². The van der Waals surface area contributed by atoms with E-state index in [1.165, 1.54) is 0 Å². The van der Waals surface area contributed by atoms with Gasteiger partial charge in [-0.05, 0) is 6.42 Å². The van der Waals surface area contributed by atoms with Gasteiger partial charge < -0.3 is 10.7 Å². The number of hydrogen-bond acceptors (Lipinski definition) is 3. The van der Waals surface area contributed by atoms with Crippen molar-refractivity contribution in [2.75, 3.05) is 11.9 Å². The first-order chi connectivity index (χ1) is 6.27. The minimum absolute atomic E-state index is 0.0834. The number of hydrogen-bond donors (Lipinski definition) is 3. The molecule has 1 aromatic rings. The van der Waals surface area contributed by atoms with Crippen molar-refractivity contribution in [1.82, 2.24) is 9.97 Å². The number of carbonyl (C=O) groups is 1. The second kappa shape index (κ2) is 4.61. The molecule has 1 unspecified atom stereocenters. The van der Waals surface area contributed by atoms with Crippen LogP contribution in [0.3, 0.4) is 0 Å². The van der Waals surface area contributed by atoms with Crippen LogP contribution in [0.2, 0.25) is 0 Å². The summed E-state index contributed by atoms with van der Waals surface area (Å²) in [6.45, 7) is 2.29. The van der Waals surface area contributed by atoms with E-state index in [4.69, 9.17) is 5.73 Å². The highest BCUT2D eigenvalue weighted by molar-refractivity contribution is 5.91. The van der Waals surface area contributed by atoms with E-state index in [9.17, 15) is 4.79 Å². The summed E-state index contributed by atoms with van der Waals surface area (Å²) >= 11 is 0. The third-order valence-corrected chi connectivity index (χ3v) is 1.89. The van der Waals surface area contributed by atoms with Gasteiger partial charge in [0.05, 0.1) is 5.92 Å². The quantitative estimate of drug-likeness (QED) is 0.627. The van der Waals surface area contributed by atoms with Gasteiger partial charge in [0.15, 0.2) is 0 Å². The molecular formula is C8H14N4O. The Balaban J connectivity index is 2.49. The molecule has 4 N–H and O–H groups in total. The summed E-state index contributed by atoms with van der Waals surface area (Å²) in [5.74, 6) is 0.252. The summed E-state index contributed by atoms with van der Waals surface area (Å²) in [7, 11) is 0. The summed E-state index contributed by atoms with van der Waals surface area (Å²) in [6, 6.07) is 0. The summed E-state index contributed by atoms with van der Waals surface area (Å²) in [5.41, 5.74) is 5.42. The smallest absolute Gasteiger partial charge is 0.231 e. The Labute approximate surface area is 76.7 Å². The van der Waals surface area contributed by atoms with Gasteiger partial charge in [0.2, 0.25) is 11.9 Å². The highest BCUT2D eigenvalue weighted by Crippen LogP contribution is 2.04. The van der Waals surface area contributed by atoms with Gasteiger partial charge in [-0.25, -0.2) is 4.98 Å². The number of carbonyl (C=O) groups excluding carboxylic acids is 1. The van der Waals surface area contributed by atoms with Crippen LogP contribution in [0.1, 0.15) is 13.3 Å². The van der Waals surface area contributed by atoms with Crippen LogP contribution >= 0.6 is 0 Å².